The van der Waals surface area contributed by atoms with Gasteiger partial charge in [-0.3, -0.25) is 28.3 Å². The summed E-state index contributed by atoms with van der Waals surface area (Å²) in [5.41, 5.74) is 0. The molecule has 0 amide bonds. The third kappa shape index (κ3) is 88.0. The van der Waals surface area contributed by atoms with Gasteiger partial charge in [0.1, 0.15) is 39.5 Å². The monoisotopic (exact) mass is 1580 g/mol. The van der Waals surface area contributed by atoms with Gasteiger partial charge in [-0.05, 0) is 25.7 Å². The zero-order chi connectivity index (χ0) is 80.0. The zero-order valence-electron chi connectivity index (χ0n) is 72.4. The summed E-state index contributed by atoms with van der Waals surface area (Å²) in [7, 11) is 2.36. The van der Waals surface area contributed by atoms with Crippen LogP contribution in [0.5, 0.6) is 0 Å². The molecule has 644 valence electrons. The molecule has 4 atom stereocenters. The minimum atomic E-state index is -4.62. The SMILES string of the molecule is CCCCCCCCCCCCCCCCCC(=O)OC[C@H](COP(=O)([O-])OCC[N+](C)(C)C)OC(=O)CCCCCCCCCCCCCCCCC.CCCCCCCCCCCCCCCCCC(=O)OC[C@H](COP(=O)([O-])OCC[N+](C)(C)C)OC(=O)CCCCCCCCCCCCCCCCC. The number of unbranched alkanes of at least 4 members (excludes halogenated alkanes) is 56. The van der Waals surface area contributed by atoms with Crippen LogP contribution in [0, 0.1) is 0 Å². The normalized spacial score (nSPS) is 13.5. The zero-order valence-corrected chi connectivity index (χ0v) is 74.2. The van der Waals surface area contributed by atoms with Gasteiger partial charge in [0.05, 0.1) is 55.5 Å². The molecule has 0 aromatic rings. The number of carbonyl (C=O) groups excluding carboxylic acids is 4. The van der Waals surface area contributed by atoms with E-state index in [1.54, 1.807) is 0 Å². The Morgan fingerprint density at radius 3 is 0.593 bits per heavy atom. The standard InChI is InChI=1S/2C44H88NO8P/c2*1-6-8-10-12-14-16-18-20-22-24-26-28-30-32-34-36-43(46)50-40-42(41-52-54(48,49)51-39-38-45(3,4)5)53-44(47)37-35-33-31-29-27-25-23-21-19-17-15-13-11-9-7-2/h2*42H,6-41H2,1-5H3/t2*42-/m11/s1. The Morgan fingerprint density at radius 1 is 0.250 bits per heavy atom. The highest BCUT2D eigenvalue weighted by molar-refractivity contribution is 7.46. The number of ether oxygens (including phenoxy) is 4. The molecule has 0 aromatic heterocycles. The largest absolute Gasteiger partial charge is 0.756 e. The van der Waals surface area contributed by atoms with Gasteiger partial charge in [0, 0.05) is 25.7 Å². The van der Waals surface area contributed by atoms with Gasteiger partial charge < -0.3 is 55.8 Å². The number of hydrogen-bond donors (Lipinski definition) is 0. The van der Waals surface area contributed by atoms with Gasteiger partial charge in [-0.25, -0.2) is 0 Å². The number of hydrogen-bond acceptors (Lipinski definition) is 16. The number of likely N-dealkylation sites (N-methyl/N-ethyl adjacent to an activating group) is 2. The Labute approximate surface area is 666 Å². The molecule has 0 N–H and O–H groups in total. The number of nitrogens with zero attached hydrogens (tertiary/aromatic N) is 2. The summed E-state index contributed by atoms with van der Waals surface area (Å²) in [5.74, 6) is -1.64. The lowest BCUT2D eigenvalue weighted by Crippen LogP contribution is -2.37. The molecule has 0 heterocycles. The predicted octanol–water partition coefficient (Wildman–Crippen LogP) is 24.3. The van der Waals surface area contributed by atoms with Crippen LogP contribution in [0.1, 0.15) is 439 Å². The van der Waals surface area contributed by atoms with Crippen LogP contribution in [-0.4, -0.2) is 140 Å². The Balaban J connectivity index is 0. The average Bonchev–Trinajstić information content (AvgIpc) is 0.907. The van der Waals surface area contributed by atoms with Gasteiger partial charge in [-0.2, -0.15) is 0 Å². The highest BCUT2D eigenvalue weighted by Crippen LogP contribution is 2.39. The van der Waals surface area contributed by atoms with Crippen molar-refractivity contribution >= 4 is 39.5 Å². The molecule has 0 saturated carbocycles. The first-order chi connectivity index (χ1) is 52.0. The summed E-state index contributed by atoms with van der Waals surface area (Å²) in [4.78, 5) is 75.0. The maximum absolute atomic E-state index is 12.7. The quantitative estimate of drug-likeness (QED) is 0.0181. The minimum Gasteiger partial charge on any atom is -0.756 e. The maximum Gasteiger partial charge on any atom is 0.306 e. The Kier molecular flexibility index (Phi) is 78.9. The fourth-order valence-electron chi connectivity index (χ4n) is 13.1. The van der Waals surface area contributed by atoms with E-state index in [1.165, 1.54) is 308 Å². The molecule has 2 unspecified atom stereocenters. The fraction of sp³-hybridized carbons (Fsp3) is 0.955. The summed E-state index contributed by atoms with van der Waals surface area (Å²) in [6.07, 6.45) is 73.8. The molecule has 0 aliphatic rings. The lowest BCUT2D eigenvalue weighted by Gasteiger charge is -2.28. The Hall–Kier alpha value is -1.98. The van der Waals surface area contributed by atoms with Crippen LogP contribution in [0.4, 0.5) is 0 Å². The molecule has 0 spiro atoms. The van der Waals surface area contributed by atoms with Crippen molar-refractivity contribution < 1.29 is 84.1 Å². The second-order valence-electron chi connectivity index (χ2n) is 33.6. The smallest absolute Gasteiger partial charge is 0.306 e. The average molecular weight is 1580 g/mol. The molecule has 0 aromatic carbocycles. The molecule has 0 radical (unpaired) electrons. The first-order valence-electron chi connectivity index (χ1n) is 45.5. The Bertz CT molecular complexity index is 1930. The second kappa shape index (κ2) is 78.9. The second-order valence-corrected chi connectivity index (χ2v) is 36.4. The third-order valence-electron chi connectivity index (χ3n) is 20.3. The van der Waals surface area contributed by atoms with E-state index in [4.69, 9.17) is 37.0 Å². The summed E-state index contributed by atoms with van der Waals surface area (Å²) in [5, 5.41) is 0. The number of quaternary nitrogens is 2. The minimum absolute atomic E-state index is 0.0256. The van der Waals surface area contributed by atoms with Gasteiger partial charge in [-0.15, -0.1) is 0 Å². The van der Waals surface area contributed by atoms with Crippen LogP contribution in [-0.2, 0) is 65.4 Å². The van der Waals surface area contributed by atoms with Gasteiger partial charge in [0.15, 0.2) is 12.2 Å². The lowest BCUT2D eigenvalue weighted by atomic mass is 10.0. The number of carbonyl (C=O) groups is 4. The van der Waals surface area contributed by atoms with Crippen LogP contribution in [0.25, 0.3) is 0 Å². The van der Waals surface area contributed by atoms with E-state index in [1.807, 2.05) is 42.3 Å². The number of phosphoric acid groups is 2. The molecule has 0 fully saturated rings. The topological polar surface area (TPSA) is 222 Å². The molecular formula is C88H176N2O16P2. The Morgan fingerprint density at radius 2 is 0.417 bits per heavy atom. The molecule has 0 bridgehead atoms. The van der Waals surface area contributed by atoms with E-state index >= 15 is 0 Å². The molecule has 0 aliphatic heterocycles. The molecular weight excluding hydrogens is 1400 g/mol. The first-order valence-corrected chi connectivity index (χ1v) is 48.4. The van der Waals surface area contributed by atoms with Crippen molar-refractivity contribution in [2.45, 2.75) is 451 Å². The van der Waals surface area contributed by atoms with Gasteiger partial charge >= 0.3 is 23.9 Å². The van der Waals surface area contributed by atoms with Crippen LogP contribution in [0.15, 0.2) is 0 Å². The van der Waals surface area contributed by atoms with Crippen molar-refractivity contribution in [1.29, 1.82) is 0 Å². The molecule has 18 nitrogen and oxygen atoms in total. The van der Waals surface area contributed by atoms with E-state index in [2.05, 4.69) is 27.7 Å². The molecule has 0 rings (SSSR count). The molecule has 108 heavy (non-hydrogen) atoms. The van der Waals surface area contributed by atoms with Gasteiger partial charge in [0.25, 0.3) is 15.6 Å². The van der Waals surface area contributed by atoms with Crippen LogP contribution < -0.4 is 9.79 Å². The summed E-state index contributed by atoms with van der Waals surface area (Å²) < 4.78 is 67.9. The molecule has 0 saturated heterocycles. The maximum atomic E-state index is 12.7. The molecule has 0 aliphatic carbocycles. The summed E-state index contributed by atoms with van der Waals surface area (Å²) in [6, 6.07) is 0. The number of phosphoric ester groups is 2. The van der Waals surface area contributed by atoms with E-state index in [0.717, 1.165) is 64.2 Å². The van der Waals surface area contributed by atoms with Crippen LogP contribution in [0.3, 0.4) is 0 Å². The highest BCUT2D eigenvalue weighted by Gasteiger charge is 2.24. The molecule has 20 heteroatoms. The predicted molar refractivity (Wildman–Crippen MR) is 445 cm³/mol. The van der Waals surface area contributed by atoms with Crippen molar-refractivity contribution in [3.8, 4) is 0 Å². The van der Waals surface area contributed by atoms with Crippen molar-refractivity contribution in [2.75, 3.05) is 95.0 Å². The first kappa shape index (κ1) is 108. The van der Waals surface area contributed by atoms with Crippen LogP contribution in [0.2, 0.25) is 0 Å². The van der Waals surface area contributed by atoms with E-state index in [0.29, 0.717) is 34.9 Å². The fourth-order valence-corrected chi connectivity index (χ4v) is 14.5. The van der Waals surface area contributed by atoms with Crippen LogP contribution >= 0.6 is 15.6 Å². The van der Waals surface area contributed by atoms with E-state index in [9.17, 15) is 38.1 Å². The van der Waals surface area contributed by atoms with Gasteiger partial charge in [0.2, 0.25) is 0 Å². The van der Waals surface area contributed by atoms with E-state index in [-0.39, 0.29) is 64.0 Å². The number of rotatable bonds is 84. The van der Waals surface area contributed by atoms with Gasteiger partial charge in [-0.1, -0.05) is 387 Å². The van der Waals surface area contributed by atoms with Crippen molar-refractivity contribution in [1.82, 2.24) is 0 Å². The highest BCUT2D eigenvalue weighted by atomic mass is 31.2. The third-order valence-corrected chi connectivity index (χ3v) is 22.2. The van der Waals surface area contributed by atoms with Crippen molar-refractivity contribution in [3.05, 3.63) is 0 Å². The van der Waals surface area contributed by atoms with E-state index < -0.39 is 53.0 Å². The van der Waals surface area contributed by atoms with Crippen molar-refractivity contribution in [3.63, 3.8) is 0 Å². The summed E-state index contributed by atoms with van der Waals surface area (Å²) >= 11 is 0. The van der Waals surface area contributed by atoms with Crippen molar-refractivity contribution in [2.24, 2.45) is 0 Å². The lowest BCUT2D eigenvalue weighted by molar-refractivity contribution is -0.870. The number of esters is 4. The summed E-state index contributed by atoms with van der Waals surface area (Å²) in [6.45, 7) is 8.53.